The first-order valence-electron chi connectivity index (χ1n) is 5.55. The monoisotopic (exact) mass is 274 g/mol. The molecule has 0 aromatic carbocycles. The normalized spacial score (nSPS) is 9.67. The van der Waals surface area contributed by atoms with E-state index in [1.54, 1.807) is 0 Å². The van der Waals surface area contributed by atoms with Gasteiger partial charge in [0, 0.05) is 13.2 Å². The van der Waals surface area contributed by atoms with Crippen molar-refractivity contribution in [1.29, 1.82) is 0 Å². The highest BCUT2D eigenvalue weighted by molar-refractivity contribution is 4.44. The van der Waals surface area contributed by atoms with Gasteiger partial charge in [-0.1, -0.05) is 0 Å². The molecule has 0 spiro atoms. The van der Waals surface area contributed by atoms with Gasteiger partial charge in [-0.15, -0.1) is 0 Å². The fourth-order valence-corrected chi connectivity index (χ4v) is 0.339. The van der Waals surface area contributed by atoms with Gasteiger partial charge in [0.05, 0.1) is 26.4 Å². The molecule has 0 aliphatic rings. The van der Waals surface area contributed by atoms with Gasteiger partial charge < -0.3 is 40.9 Å². The summed E-state index contributed by atoms with van der Waals surface area (Å²) in [6.45, 7) is -1.07. The van der Waals surface area contributed by atoms with Crippen molar-refractivity contribution < 1.29 is 40.9 Å². The van der Waals surface area contributed by atoms with Gasteiger partial charge in [0.1, 0.15) is 12.2 Å². The summed E-state index contributed by atoms with van der Waals surface area (Å²) in [5, 5.41) is 64.2. The van der Waals surface area contributed by atoms with Crippen LogP contribution >= 0.6 is 0 Å². The predicted octanol–water partition coefficient (Wildman–Crippen LogP) is -3.58. The molecule has 0 saturated heterocycles. The first kappa shape index (κ1) is 22.8. The Morgan fingerprint density at radius 3 is 0.778 bits per heavy atom. The molecule has 0 radical (unpaired) electrons. The minimum absolute atomic E-state index is 0.195. The lowest BCUT2D eigenvalue weighted by Crippen LogP contribution is -2.15. The van der Waals surface area contributed by atoms with Crippen molar-refractivity contribution in [2.45, 2.75) is 25.0 Å². The molecule has 0 heterocycles. The maximum atomic E-state index is 8.17. The lowest BCUT2D eigenvalue weighted by Gasteiger charge is -1.96. The number of hydrogen-bond donors (Lipinski definition) is 8. The maximum absolute atomic E-state index is 8.17. The van der Waals surface area contributed by atoms with Crippen molar-refractivity contribution in [2.24, 2.45) is 0 Å². The van der Waals surface area contributed by atoms with E-state index in [1.807, 2.05) is 0 Å². The summed E-state index contributed by atoms with van der Waals surface area (Å²) in [7, 11) is 0. The van der Waals surface area contributed by atoms with Crippen LogP contribution in [0.4, 0.5) is 0 Å². The summed E-state index contributed by atoms with van der Waals surface area (Å²) in [4.78, 5) is 0. The van der Waals surface area contributed by atoms with E-state index in [0.29, 0.717) is 0 Å². The van der Waals surface area contributed by atoms with Crippen LogP contribution < -0.4 is 0 Å². The van der Waals surface area contributed by atoms with Crippen LogP contribution in [0.3, 0.4) is 0 Å². The fraction of sp³-hybridized carbons (Fsp3) is 1.00. The van der Waals surface area contributed by atoms with Crippen molar-refractivity contribution >= 4 is 0 Å². The molecular weight excluding hydrogens is 248 g/mol. The number of aliphatic hydroxyl groups is 8. The molecular formula is C10H26O8. The Balaban J connectivity index is -0.000000187. The number of hydrogen-bond acceptors (Lipinski definition) is 8. The third-order valence-corrected chi connectivity index (χ3v) is 1.41. The van der Waals surface area contributed by atoms with Crippen molar-refractivity contribution in [3.8, 4) is 0 Å². The summed E-state index contributed by atoms with van der Waals surface area (Å²) < 4.78 is 0. The van der Waals surface area contributed by atoms with Crippen LogP contribution in [-0.4, -0.2) is 92.7 Å². The first-order chi connectivity index (χ1) is 8.53. The highest BCUT2D eigenvalue weighted by Crippen LogP contribution is 1.80. The van der Waals surface area contributed by atoms with Crippen LogP contribution in [0.1, 0.15) is 12.8 Å². The number of rotatable bonds is 7. The summed E-state index contributed by atoms with van der Waals surface area (Å²) >= 11 is 0. The Kier molecular flexibility index (Phi) is 27.8. The number of unbranched alkanes of at least 4 members (excludes halogenated alkanes) is 1. The van der Waals surface area contributed by atoms with Gasteiger partial charge in [-0.25, -0.2) is 0 Å². The van der Waals surface area contributed by atoms with E-state index in [-0.39, 0.29) is 39.6 Å². The summed E-state index contributed by atoms with van der Waals surface area (Å²) in [5.74, 6) is 0. The molecule has 0 amide bonds. The average molecular weight is 274 g/mol. The van der Waals surface area contributed by atoms with Gasteiger partial charge in [-0.3, -0.25) is 0 Å². The highest BCUT2D eigenvalue weighted by Gasteiger charge is 1.94. The van der Waals surface area contributed by atoms with E-state index in [1.165, 1.54) is 0 Å². The first-order valence-corrected chi connectivity index (χ1v) is 5.55. The quantitative estimate of drug-likeness (QED) is 0.221. The van der Waals surface area contributed by atoms with Gasteiger partial charge in [-0.05, 0) is 12.8 Å². The highest BCUT2D eigenvalue weighted by atomic mass is 16.3. The van der Waals surface area contributed by atoms with Gasteiger partial charge in [-0.2, -0.15) is 0 Å². The van der Waals surface area contributed by atoms with Gasteiger partial charge >= 0.3 is 0 Å². The van der Waals surface area contributed by atoms with E-state index in [9.17, 15) is 0 Å². The fourth-order valence-electron chi connectivity index (χ4n) is 0.339. The van der Waals surface area contributed by atoms with Gasteiger partial charge in [0.2, 0.25) is 0 Å². The van der Waals surface area contributed by atoms with Crippen molar-refractivity contribution in [2.75, 3.05) is 39.6 Å². The molecule has 8 heteroatoms. The Bertz CT molecular complexity index is 102. The molecule has 0 aliphatic carbocycles. The lowest BCUT2D eigenvalue weighted by atomic mass is 10.3. The molecule has 114 valence electrons. The topological polar surface area (TPSA) is 162 Å². The Labute approximate surface area is 106 Å². The van der Waals surface area contributed by atoms with Gasteiger partial charge in [0.25, 0.3) is 0 Å². The standard InChI is InChI=1S/C4H10O2.2C3H8O3/c5-3-1-2-4-6;2*4-1-3(6)2-5/h5-6H,1-4H2;2*3-6H,1-2H2. The smallest absolute Gasteiger partial charge is 0.100 e. The third-order valence-electron chi connectivity index (χ3n) is 1.41. The molecule has 0 aliphatic heterocycles. The summed E-state index contributed by atoms with van der Waals surface area (Å²) in [6.07, 6.45) is -0.470. The Morgan fingerprint density at radius 1 is 0.500 bits per heavy atom. The molecule has 0 aromatic rings. The molecule has 0 saturated carbocycles. The summed E-state index contributed by atoms with van der Waals surface area (Å²) in [6, 6.07) is 0. The second-order valence-corrected chi connectivity index (χ2v) is 3.19. The largest absolute Gasteiger partial charge is 0.396 e. The van der Waals surface area contributed by atoms with Crippen molar-refractivity contribution in [1.82, 2.24) is 0 Å². The zero-order chi connectivity index (χ0) is 14.8. The predicted molar refractivity (Wildman–Crippen MR) is 63.8 cm³/mol. The lowest BCUT2D eigenvalue weighted by molar-refractivity contribution is 0.0450. The summed E-state index contributed by atoms with van der Waals surface area (Å²) in [5.41, 5.74) is 0. The number of aliphatic hydroxyl groups excluding tert-OH is 8. The zero-order valence-corrected chi connectivity index (χ0v) is 10.4. The molecule has 0 bridgehead atoms. The molecule has 0 rings (SSSR count). The van der Waals surface area contributed by atoms with E-state index < -0.39 is 12.2 Å². The van der Waals surface area contributed by atoms with E-state index in [0.717, 1.165) is 12.8 Å². The van der Waals surface area contributed by atoms with E-state index in [2.05, 4.69) is 0 Å². The molecule has 8 nitrogen and oxygen atoms in total. The molecule has 0 fully saturated rings. The second-order valence-electron chi connectivity index (χ2n) is 3.19. The van der Waals surface area contributed by atoms with Crippen LogP contribution in [0.5, 0.6) is 0 Å². The zero-order valence-electron chi connectivity index (χ0n) is 10.4. The van der Waals surface area contributed by atoms with Crippen molar-refractivity contribution in [3.05, 3.63) is 0 Å². The van der Waals surface area contributed by atoms with Crippen LogP contribution in [0.15, 0.2) is 0 Å². The molecule has 0 aromatic heterocycles. The second kappa shape index (κ2) is 21.9. The minimum Gasteiger partial charge on any atom is -0.396 e. The van der Waals surface area contributed by atoms with Crippen LogP contribution in [0.2, 0.25) is 0 Å². The van der Waals surface area contributed by atoms with Crippen LogP contribution in [-0.2, 0) is 0 Å². The Morgan fingerprint density at radius 2 is 0.722 bits per heavy atom. The van der Waals surface area contributed by atoms with Crippen LogP contribution in [0.25, 0.3) is 0 Å². The molecule has 18 heavy (non-hydrogen) atoms. The average Bonchev–Trinajstić information content (AvgIpc) is 2.44. The van der Waals surface area contributed by atoms with Gasteiger partial charge in [0.15, 0.2) is 0 Å². The van der Waals surface area contributed by atoms with E-state index >= 15 is 0 Å². The SMILES string of the molecule is OCC(O)CO.OCC(O)CO.OCCCCO. The maximum Gasteiger partial charge on any atom is 0.100 e. The third kappa shape index (κ3) is 29.6. The minimum atomic E-state index is -0.954. The van der Waals surface area contributed by atoms with Crippen molar-refractivity contribution in [3.63, 3.8) is 0 Å². The van der Waals surface area contributed by atoms with E-state index in [4.69, 9.17) is 40.9 Å². The molecule has 8 N–H and O–H groups in total. The molecule has 0 unspecified atom stereocenters. The Hall–Kier alpha value is -0.320. The van der Waals surface area contributed by atoms with Crippen LogP contribution in [0, 0.1) is 0 Å². The molecule has 0 atom stereocenters.